The second kappa shape index (κ2) is 12.7. The molecule has 0 unspecified atom stereocenters. The lowest BCUT2D eigenvalue weighted by Gasteiger charge is -2.18. The maximum absolute atomic E-state index is 10.4. The van der Waals surface area contributed by atoms with Crippen molar-refractivity contribution in [3.63, 3.8) is 0 Å². The molecule has 0 aromatic heterocycles. The second-order valence-corrected chi connectivity index (χ2v) is 8.87. The van der Waals surface area contributed by atoms with Gasteiger partial charge in [0.1, 0.15) is 0 Å². The highest BCUT2D eigenvalue weighted by Crippen LogP contribution is 2.38. The molecule has 0 spiro atoms. The van der Waals surface area contributed by atoms with Crippen LogP contribution in [0.15, 0.2) is 30.3 Å². The average molecular weight is 477 g/mol. The van der Waals surface area contributed by atoms with Gasteiger partial charge in [-0.05, 0) is 93.2 Å². The van der Waals surface area contributed by atoms with Crippen LogP contribution in [0, 0.1) is 0 Å². The smallest absolute Gasteiger partial charge is 0.200 e. The number of ether oxygens (including phenoxy) is 3. The van der Waals surface area contributed by atoms with Gasteiger partial charge in [-0.3, -0.25) is 0 Å². The van der Waals surface area contributed by atoms with Gasteiger partial charge in [0, 0.05) is 0 Å². The lowest BCUT2D eigenvalue weighted by atomic mass is 9.98. The van der Waals surface area contributed by atoms with E-state index >= 15 is 0 Å². The molecule has 5 N–H and O–H groups in total. The third-order valence-electron chi connectivity index (χ3n) is 6.24. The molecule has 2 atom stereocenters. The van der Waals surface area contributed by atoms with Gasteiger partial charge in [0.25, 0.3) is 0 Å². The Bertz CT molecular complexity index is 910. The van der Waals surface area contributed by atoms with Gasteiger partial charge in [-0.25, -0.2) is 0 Å². The number of methoxy groups -OCH3 is 1. The summed E-state index contributed by atoms with van der Waals surface area (Å²) in [6, 6.07) is 8.53. The Morgan fingerprint density at radius 1 is 0.882 bits per heavy atom. The number of benzene rings is 2. The zero-order valence-corrected chi connectivity index (χ0v) is 19.7. The van der Waals surface area contributed by atoms with E-state index in [1.807, 2.05) is 12.1 Å². The maximum Gasteiger partial charge on any atom is 0.200 e. The number of aliphatic hydroxyl groups excluding tert-OH is 3. The average Bonchev–Trinajstić information content (AvgIpc) is 3.33. The zero-order chi connectivity index (χ0) is 24.5. The predicted molar refractivity (Wildman–Crippen MR) is 127 cm³/mol. The molecule has 8 nitrogen and oxygen atoms in total. The van der Waals surface area contributed by atoms with E-state index in [9.17, 15) is 20.4 Å². The summed E-state index contributed by atoms with van der Waals surface area (Å²) in [4.78, 5) is 0. The Morgan fingerprint density at radius 2 is 1.50 bits per heavy atom. The van der Waals surface area contributed by atoms with E-state index in [4.69, 9.17) is 19.3 Å². The van der Waals surface area contributed by atoms with Crippen molar-refractivity contribution in [2.75, 3.05) is 13.9 Å². The minimum atomic E-state index is -0.710. The van der Waals surface area contributed by atoms with E-state index in [0.717, 1.165) is 36.8 Å². The number of aromatic hydroxyl groups is 2. The minimum absolute atomic E-state index is 0.108. The first-order valence-electron chi connectivity index (χ1n) is 11.9. The van der Waals surface area contributed by atoms with Gasteiger partial charge in [-0.1, -0.05) is 6.07 Å². The Labute approximate surface area is 200 Å². The topological polar surface area (TPSA) is 129 Å². The molecule has 8 heteroatoms. The molecule has 0 saturated heterocycles. The van der Waals surface area contributed by atoms with Crippen molar-refractivity contribution in [2.45, 2.75) is 76.1 Å². The fourth-order valence-electron chi connectivity index (χ4n) is 4.33. The first kappa shape index (κ1) is 25.9. The molecule has 188 valence electrons. The summed E-state index contributed by atoms with van der Waals surface area (Å²) in [6.07, 6.45) is 5.28. The first-order valence-corrected chi connectivity index (χ1v) is 11.9. The normalized spacial score (nSPS) is 15.8. The molecule has 0 bridgehead atoms. The Balaban J connectivity index is 1.47. The van der Waals surface area contributed by atoms with E-state index in [2.05, 4.69) is 0 Å². The molecule has 0 aliphatic heterocycles. The van der Waals surface area contributed by atoms with E-state index in [-0.39, 0.29) is 35.5 Å². The highest BCUT2D eigenvalue weighted by molar-refractivity contribution is 5.52. The standard InChI is InChI=1S/C26H36O8/c1-32-24-13-18(14-25(26(24)31)33-16-27)7-10-20(29)15-19(28)9-6-17-8-11-22(30)23(12-17)34-21-4-2-3-5-21/h8,11-14,19-21,27-31H,2-7,9-10,15-16H2,1H3/t19-,20-/m0/s1. The number of hydrogen-bond acceptors (Lipinski definition) is 8. The van der Waals surface area contributed by atoms with Crippen LogP contribution >= 0.6 is 0 Å². The van der Waals surface area contributed by atoms with Crippen molar-refractivity contribution in [3.05, 3.63) is 41.5 Å². The Morgan fingerprint density at radius 3 is 2.15 bits per heavy atom. The third-order valence-corrected chi connectivity index (χ3v) is 6.24. The number of aliphatic hydroxyl groups is 3. The van der Waals surface area contributed by atoms with Gasteiger partial charge in [0.15, 0.2) is 29.8 Å². The van der Waals surface area contributed by atoms with Gasteiger partial charge in [0.2, 0.25) is 5.75 Å². The quantitative estimate of drug-likeness (QED) is 0.278. The molecule has 1 aliphatic rings. The molecular weight excluding hydrogens is 440 g/mol. The largest absolute Gasteiger partial charge is 0.504 e. The van der Waals surface area contributed by atoms with Crippen molar-refractivity contribution >= 4 is 0 Å². The monoisotopic (exact) mass is 476 g/mol. The highest BCUT2D eigenvalue weighted by Gasteiger charge is 2.19. The molecule has 1 fully saturated rings. The van der Waals surface area contributed by atoms with Crippen LogP contribution in [0.5, 0.6) is 28.7 Å². The van der Waals surface area contributed by atoms with Crippen LogP contribution in [0.4, 0.5) is 0 Å². The summed E-state index contributed by atoms with van der Waals surface area (Å²) < 4.78 is 16.1. The van der Waals surface area contributed by atoms with Crippen molar-refractivity contribution in [2.24, 2.45) is 0 Å². The Kier molecular flexibility index (Phi) is 9.68. The van der Waals surface area contributed by atoms with Crippen molar-refractivity contribution in [1.29, 1.82) is 0 Å². The molecule has 0 amide bonds. The fourth-order valence-corrected chi connectivity index (χ4v) is 4.33. The summed E-state index contributed by atoms with van der Waals surface area (Å²) in [5.74, 6) is 0.761. The van der Waals surface area contributed by atoms with Crippen LogP contribution in [-0.2, 0) is 12.8 Å². The molecule has 0 radical (unpaired) electrons. The summed E-state index contributed by atoms with van der Waals surface area (Å²) >= 11 is 0. The molecule has 2 aromatic rings. The summed E-state index contributed by atoms with van der Waals surface area (Å²) in [5, 5.41) is 49.9. The summed E-state index contributed by atoms with van der Waals surface area (Å²) in [5.41, 5.74) is 1.73. The zero-order valence-electron chi connectivity index (χ0n) is 19.7. The molecule has 2 aromatic carbocycles. The van der Waals surface area contributed by atoms with Crippen LogP contribution in [0.3, 0.4) is 0 Å². The van der Waals surface area contributed by atoms with Crippen LogP contribution in [0.25, 0.3) is 0 Å². The molecule has 1 aliphatic carbocycles. The van der Waals surface area contributed by atoms with E-state index in [1.54, 1.807) is 18.2 Å². The minimum Gasteiger partial charge on any atom is -0.504 e. The number of rotatable bonds is 13. The van der Waals surface area contributed by atoms with Crippen molar-refractivity contribution in [1.82, 2.24) is 0 Å². The third kappa shape index (κ3) is 7.41. The second-order valence-electron chi connectivity index (χ2n) is 8.87. The molecule has 0 heterocycles. The van der Waals surface area contributed by atoms with Gasteiger partial charge < -0.3 is 39.7 Å². The lowest BCUT2D eigenvalue weighted by Crippen LogP contribution is -2.19. The van der Waals surface area contributed by atoms with Crippen molar-refractivity contribution in [3.8, 4) is 28.7 Å². The Hall–Kier alpha value is -2.68. The molecule has 34 heavy (non-hydrogen) atoms. The highest BCUT2D eigenvalue weighted by atomic mass is 16.6. The van der Waals surface area contributed by atoms with E-state index in [1.165, 1.54) is 7.11 Å². The van der Waals surface area contributed by atoms with E-state index in [0.29, 0.717) is 31.4 Å². The van der Waals surface area contributed by atoms with Gasteiger partial charge in [0.05, 0.1) is 25.4 Å². The molecule has 1 saturated carbocycles. The fraction of sp³-hybridized carbons (Fsp3) is 0.538. The molecule has 3 rings (SSSR count). The van der Waals surface area contributed by atoms with Crippen LogP contribution in [-0.4, -0.2) is 57.7 Å². The van der Waals surface area contributed by atoms with Crippen LogP contribution < -0.4 is 14.2 Å². The summed E-state index contributed by atoms with van der Waals surface area (Å²) in [6.45, 7) is -0.579. The number of aryl methyl sites for hydroxylation is 2. The molecular formula is C26H36O8. The van der Waals surface area contributed by atoms with Crippen LogP contribution in [0.2, 0.25) is 0 Å². The maximum atomic E-state index is 10.4. The summed E-state index contributed by atoms with van der Waals surface area (Å²) in [7, 11) is 1.42. The number of phenolic OH excluding ortho intramolecular Hbond substituents is 2. The SMILES string of the molecule is COc1cc(CC[C@H](O)C[C@@H](O)CCc2ccc(O)c(OC3CCCC3)c2)cc(OCO)c1O. The van der Waals surface area contributed by atoms with Crippen LogP contribution in [0.1, 0.15) is 56.1 Å². The number of hydrogen-bond donors (Lipinski definition) is 5. The van der Waals surface area contributed by atoms with E-state index < -0.39 is 19.0 Å². The predicted octanol–water partition coefficient (Wildman–Crippen LogP) is 3.43. The first-order chi connectivity index (χ1) is 16.4. The van der Waals surface area contributed by atoms with Crippen molar-refractivity contribution < 1.29 is 39.7 Å². The van der Waals surface area contributed by atoms with Gasteiger partial charge in [-0.2, -0.15) is 0 Å². The number of phenols is 2. The lowest BCUT2D eigenvalue weighted by molar-refractivity contribution is 0.0712. The van der Waals surface area contributed by atoms with Gasteiger partial charge >= 0.3 is 0 Å². The van der Waals surface area contributed by atoms with Gasteiger partial charge in [-0.15, -0.1) is 0 Å².